The molecule has 0 spiro atoms. The van der Waals surface area contributed by atoms with E-state index in [1.54, 1.807) is 5.10 Å². The highest BCUT2D eigenvalue weighted by Crippen LogP contribution is 2.30. The van der Waals surface area contributed by atoms with E-state index in [0.29, 0.717) is 16.7 Å². The Bertz CT molecular complexity index is 964. The molecule has 0 bridgehead atoms. The molecule has 1 amide bonds. The summed E-state index contributed by atoms with van der Waals surface area (Å²) in [5, 5.41) is 7.32. The van der Waals surface area contributed by atoms with E-state index in [-0.39, 0.29) is 6.54 Å². The van der Waals surface area contributed by atoms with E-state index >= 15 is 0 Å². The van der Waals surface area contributed by atoms with Gasteiger partial charge in [0.05, 0.1) is 11.8 Å². The number of nitrogens with one attached hydrogen (secondary N) is 2. The first-order valence-corrected chi connectivity index (χ1v) is 7.69. The number of halogens is 5. The van der Waals surface area contributed by atoms with Crippen LogP contribution in [-0.2, 0) is 12.7 Å². The Kier molecular flexibility index (Phi) is 4.93. The summed E-state index contributed by atoms with van der Waals surface area (Å²) < 4.78 is 65.2. The van der Waals surface area contributed by atoms with Crippen molar-refractivity contribution in [3.8, 4) is 11.1 Å². The van der Waals surface area contributed by atoms with Crippen LogP contribution >= 0.6 is 0 Å². The number of carbonyl (C=O) groups excluding carboxylic acids is 1. The maximum absolute atomic E-state index is 13.6. The topological polar surface area (TPSA) is 57.8 Å². The molecule has 140 valence electrons. The first-order chi connectivity index (χ1) is 12.8. The van der Waals surface area contributed by atoms with E-state index in [1.165, 1.54) is 36.4 Å². The van der Waals surface area contributed by atoms with Gasteiger partial charge in [-0.3, -0.25) is 9.89 Å². The van der Waals surface area contributed by atoms with Gasteiger partial charge in [-0.25, -0.2) is 8.78 Å². The van der Waals surface area contributed by atoms with Crippen LogP contribution in [0, 0.1) is 11.6 Å². The molecule has 4 nitrogen and oxygen atoms in total. The van der Waals surface area contributed by atoms with Crippen LogP contribution in [0.4, 0.5) is 22.0 Å². The number of aromatic amines is 1. The minimum Gasteiger partial charge on any atom is -0.348 e. The molecule has 0 radical (unpaired) electrons. The van der Waals surface area contributed by atoms with Crippen molar-refractivity contribution >= 4 is 5.91 Å². The van der Waals surface area contributed by atoms with Crippen LogP contribution < -0.4 is 5.32 Å². The second-order valence-corrected chi connectivity index (χ2v) is 5.65. The summed E-state index contributed by atoms with van der Waals surface area (Å²) in [6.45, 7) is -0.230. The molecule has 0 atom stereocenters. The number of rotatable bonds is 4. The summed E-state index contributed by atoms with van der Waals surface area (Å²) in [6, 6.07) is 9.20. The van der Waals surface area contributed by atoms with Gasteiger partial charge in [-0.2, -0.15) is 18.3 Å². The maximum Gasteiger partial charge on any atom is 0.433 e. The summed E-state index contributed by atoms with van der Waals surface area (Å²) in [5.74, 6) is -2.04. The van der Waals surface area contributed by atoms with E-state index in [0.717, 1.165) is 12.3 Å². The molecule has 0 unspecified atom stereocenters. The Hall–Kier alpha value is -3.23. The number of carbonyl (C=O) groups is 1. The number of aromatic nitrogens is 2. The molecule has 0 aliphatic heterocycles. The van der Waals surface area contributed by atoms with Gasteiger partial charge >= 0.3 is 6.18 Å². The average Bonchev–Trinajstić information content (AvgIpc) is 3.11. The molecular weight excluding hydrogens is 369 g/mol. The molecule has 2 N–H and O–H groups in total. The summed E-state index contributed by atoms with van der Waals surface area (Å²) in [6.07, 6.45) is -3.99. The van der Waals surface area contributed by atoms with Gasteiger partial charge in [0.25, 0.3) is 5.91 Å². The van der Waals surface area contributed by atoms with Crippen molar-refractivity contribution in [2.45, 2.75) is 12.7 Å². The molecule has 0 aliphatic carbocycles. The Morgan fingerprint density at radius 1 is 1.04 bits per heavy atom. The number of H-pyrrole nitrogens is 1. The van der Waals surface area contributed by atoms with Crippen molar-refractivity contribution in [1.82, 2.24) is 15.5 Å². The summed E-state index contributed by atoms with van der Waals surface area (Å²) in [7, 11) is 0. The quantitative estimate of drug-likeness (QED) is 0.662. The van der Waals surface area contributed by atoms with Gasteiger partial charge in [0.1, 0.15) is 11.6 Å². The van der Waals surface area contributed by atoms with Crippen LogP contribution in [0.25, 0.3) is 11.1 Å². The number of nitrogens with zero attached hydrogens (tertiary/aromatic N) is 1. The SMILES string of the molecule is O=C(NCc1cc(F)ccc1-c1ccc(F)cc1)c1cn[nH]c1C(F)(F)F. The van der Waals surface area contributed by atoms with Gasteiger partial charge < -0.3 is 5.32 Å². The summed E-state index contributed by atoms with van der Waals surface area (Å²) in [4.78, 5) is 12.1. The maximum atomic E-state index is 13.6. The zero-order valence-corrected chi connectivity index (χ0v) is 13.6. The minimum absolute atomic E-state index is 0.230. The van der Waals surface area contributed by atoms with Gasteiger partial charge in [-0.05, 0) is 41.0 Å². The van der Waals surface area contributed by atoms with Crippen molar-refractivity contribution in [3.63, 3.8) is 0 Å². The normalized spacial score (nSPS) is 11.4. The number of hydrogen-bond acceptors (Lipinski definition) is 2. The van der Waals surface area contributed by atoms with Crippen LogP contribution in [0.15, 0.2) is 48.7 Å². The lowest BCUT2D eigenvalue weighted by Crippen LogP contribution is -2.25. The zero-order valence-electron chi connectivity index (χ0n) is 13.6. The van der Waals surface area contributed by atoms with Gasteiger partial charge in [-0.1, -0.05) is 18.2 Å². The average molecular weight is 381 g/mol. The van der Waals surface area contributed by atoms with Gasteiger partial charge in [0.15, 0.2) is 5.69 Å². The van der Waals surface area contributed by atoms with Crippen LogP contribution in [-0.4, -0.2) is 16.1 Å². The third-order valence-corrected chi connectivity index (χ3v) is 3.83. The van der Waals surface area contributed by atoms with Crippen LogP contribution in [0.3, 0.4) is 0 Å². The van der Waals surface area contributed by atoms with Crippen LogP contribution in [0.5, 0.6) is 0 Å². The number of alkyl halides is 3. The molecule has 0 aliphatic rings. The fraction of sp³-hybridized carbons (Fsp3) is 0.111. The number of amides is 1. The van der Waals surface area contributed by atoms with Crippen molar-refractivity contribution in [3.05, 3.63) is 77.1 Å². The van der Waals surface area contributed by atoms with Crippen LogP contribution in [0.2, 0.25) is 0 Å². The van der Waals surface area contributed by atoms with Gasteiger partial charge in [-0.15, -0.1) is 0 Å². The zero-order chi connectivity index (χ0) is 19.6. The largest absolute Gasteiger partial charge is 0.433 e. The molecule has 3 aromatic rings. The highest BCUT2D eigenvalue weighted by Gasteiger charge is 2.37. The first kappa shape index (κ1) is 18.6. The lowest BCUT2D eigenvalue weighted by atomic mass is 9.99. The second kappa shape index (κ2) is 7.18. The minimum atomic E-state index is -4.76. The third kappa shape index (κ3) is 4.13. The van der Waals surface area contributed by atoms with Crippen molar-refractivity contribution in [2.75, 3.05) is 0 Å². The van der Waals surface area contributed by atoms with Gasteiger partial charge in [0, 0.05) is 6.54 Å². The van der Waals surface area contributed by atoms with E-state index in [4.69, 9.17) is 0 Å². The number of hydrogen-bond donors (Lipinski definition) is 2. The van der Waals surface area contributed by atoms with Gasteiger partial charge in [0.2, 0.25) is 0 Å². The van der Waals surface area contributed by atoms with Crippen molar-refractivity contribution in [1.29, 1.82) is 0 Å². The summed E-state index contributed by atoms with van der Waals surface area (Å²) in [5.41, 5.74) is -0.521. The molecular formula is C18H12F5N3O. The first-order valence-electron chi connectivity index (χ1n) is 7.69. The predicted octanol–water partition coefficient (Wildman–Crippen LogP) is 4.30. The molecule has 2 aromatic carbocycles. The Morgan fingerprint density at radius 2 is 1.70 bits per heavy atom. The highest BCUT2D eigenvalue weighted by molar-refractivity contribution is 5.95. The molecule has 9 heteroatoms. The standard InChI is InChI=1S/C18H12F5N3O/c19-12-3-1-10(2-4-12)14-6-5-13(20)7-11(14)8-24-17(27)15-9-25-26-16(15)18(21,22)23/h1-7,9H,8H2,(H,24,27)(H,25,26). The van der Waals surface area contributed by atoms with Crippen molar-refractivity contribution < 1.29 is 26.7 Å². The van der Waals surface area contributed by atoms with Crippen LogP contribution in [0.1, 0.15) is 21.6 Å². The lowest BCUT2D eigenvalue weighted by Gasteiger charge is -2.12. The van der Waals surface area contributed by atoms with E-state index in [2.05, 4.69) is 10.4 Å². The second-order valence-electron chi connectivity index (χ2n) is 5.65. The Balaban J connectivity index is 1.84. The highest BCUT2D eigenvalue weighted by atomic mass is 19.4. The molecule has 0 saturated carbocycles. The number of benzene rings is 2. The Labute approximate surface area is 150 Å². The van der Waals surface area contributed by atoms with Crippen molar-refractivity contribution in [2.24, 2.45) is 0 Å². The summed E-state index contributed by atoms with van der Waals surface area (Å²) >= 11 is 0. The fourth-order valence-electron chi connectivity index (χ4n) is 2.56. The molecule has 27 heavy (non-hydrogen) atoms. The monoisotopic (exact) mass is 381 g/mol. The third-order valence-electron chi connectivity index (χ3n) is 3.83. The molecule has 1 aromatic heterocycles. The molecule has 0 saturated heterocycles. The molecule has 3 rings (SSSR count). The smallest absolute Gasteiger partial charge is 0.348 e. The lowest BCUT2D eigenvalue weighted by molar-refractivity contribution is -0.141. The Morgan fingerprint density at radius 3 is 2.37 bits per heavy atom. The molecule has 1 heterocycles. The van der Waals surface area contributed by atoms with E-state index < -0.39 is 35.0 Å². The fourth-order valence-corrected chi connectivity index (χ4v) is 2.56. The molecule has 0 fully saturated rings. The van der Waals surface area contributed by atoms with E-state index in [9.17, 15) is 26.7 Å². The predicted molar refractivity (Wildman–Crippen MR) is 86.6 cm³/mol. The van der Waals surface area contributed by atoms with E-state index in [1.807, 2.05) is 0 Å².